The maximum absolute atomic E-state index is 11.3. The summed E-state index contributed by atoms with van der Waals surface area (Å²) in [6, 6.07) is 0.694. The summed E-state index contributed by atoms with van der Waals surface area (Å²) >= 11 is 5.73. The first-order valence-electron chi connectivity index (χ1n) is 3.96. The van der Waals surface area contributed by atoms with Gasteiger partial charge in [0, 0.05) is 21.4 Å². The van der Waals surface area contributed by atoms with Gasteiger partial charge in [0.25, 0.3) is 18.1 Å². The van der Waals surface area contributed by atoms with Crippen LogP contribution in [0.25, 0.3) is 11.0 Å². The van der Waals surface area contributed by atoms with Crippen molar-refractivity contribution in [3.63, 3.8) is 0 Å². The van der Waals surface area contributed by atoms with Crippen molar-refractivity contribution in [1.82, 2.24) is 10.3 Å². The molecule has 0 amide bonds. The van der Waals surface area contributed by atoms with Crippen molar-refractivity contribution in [2.24, 2.45) is 0 Å². The molecule has 2 aromatic rings. The fourth-order valence-electron chi connectivity index (χ4n) is 1.22. The molecule has 1 aromatic heterocycles. The molecular weight excluding hydrogens is 351 g/mol. The normalized spacial score (nSPS) is 13.1. The number of aromatic nitrogens is 2. The molecule has 0 N–H and O–H groups in total. The van der Waals surface area contributed by atoms with E-state index in [0.29, 0.717) is 6.07 Å². The van der Waals surface area contributed by atoms with Gasteiger partial charge in [-0.15, -0.1) is 0 Å². The third-order valence-electron chi connectivity index (χ3n) is 1.93. The molecule has 0 aliphatic rings. The van der Waals surface area contributed by atoms with Crippen LogP contribution in [0, 0.1) is 0 Å². The smallest absolute Gasteiger partial charge is 0.243 e. The summed E-state index contributed by atoms with van der Waals surface area (Å²) < 4.78 is 49.4. The number of rotatable bonds is 2. The van der Waals surface area contributed by atoms with E-state index >= 15 is 0 Å². The number of fused-ring (bicyclic) bond motifs is 1. The largest absolute Gasteiger partial charge is 0.263 e. The summed E-state index contributed by atoms with van der Waals surface area (Å²) in [4.78, 5) is -1.25. The Morgan fingerprint density at radius 2 is 1.44 bits per heavy atom. The Morgan fingerprint density at radius 1 is 0.944 bits per heavy atom. The Balaban J connectivity index is 3.06. The molecular formula is C6HCl3N2O5S2. The second-order valence-corrected chi connectivity index (χ2v) is 8.47. The van der Waals surface area contributed by atoms with E-state index in [1.165, 1.54) is 0 Å². The van der Waals surface area contributed by atoms with Gasteiger partial charge in [0.05, 0.1) is 5.02 Å². The Labute approximate surface area is 114 Å². The SMILES string of the molecule is O=S(=O)(Cl)c1cc(S(=O)(=O)Cl)c2nonc2c1Cl. The molecule has 0 saturated carbocycles. The standard InChI is InChI=1S/C6HCl3N2O5S2/c7-4-2(17(8,12)13)1-3(18(9,14)15)5-6(4)11-16-10-5/h1H. The fourth-order valence-corrected chi connectivity index (χ4v) is 3.81. The third kappa shape index (κ3) is 2.28. The summed E-state index contributed by atoms with van der Waals surface area (Å²) in [6.45, 7) is 0. The Bertz CT molecular complexity index is 841. The molecule has 12 heteroatoms. The summed E-state index contributed by atoms with van der Waals surface area (Å²) in [5.74, 6) is 0. The molecule has 1 aromatic carbocycles. The van der Waals surface area contributed by atoms with Gasteiger partial charge in [-0.25, -0.2) is 21.5 Å². The van der Waals surface area contributed by atoms with E-state index in [-0.39, 0.29) is 11.0 Å². The molecule has 7 nitrogen and oxygen atoms in total. The van der Waals surface area contributed by atoms with E-state index in [9.17, 15) is 16.8 Å². The summed E-state index contributed by atoms with van der Waals surface area (Å²) in [5, 5.41) is 6.20. The average molecular weight is 352 g/mol. The van der Waals surface area contributed by atoms with Crippen molar-refractivity contribution in [1.29, 1.82) is 0 Å². The van der Waals surface area contributed by atoms with Crippen molar-refractivity contribution in [3.8, 4) is 0 Å². The predicted octanol–water partition coefficient (Wildman–Crippen LogP) is 1.73. The fraction of sp³-hybridized carbons (Fsp3) is 0. The van der Waals surface area contributed by atoms with Crippen LogP contribution in [0.4, 0.5) is 0 Å². The highest BCUT2D eigenvalue weighted by Crippen LogP contribution is 2.35. The summed E-state index contributed by atoms with van der Waals surface area (Å²) in [6.07, 6.45) is 0. The number of nitrogens with zero attached hydrogens (tertiary/aromatic N) is 2. The highest BCUT2D eigenvalue weighted by molar-refractivity contribution is 8.14. The zero-order valence-corrected chi connectivity index (χ0v) is 11.9. The van der Waals surface area contributed by atoms with Crippen molar-refractivity contribution in [2.75, 3.05) is 0 Å². The van der Waals surface area contributed by atoms with Crippen molar-refractivity contribution < 1.29 is 21.5 Å². The van der Waals surface area contributed by atoms with Gasteiger partial charge in [-0.05, 0) is 16.4 Å². The molecule has 0 saturated heterocycles. The van der Waals surface area contributed by atoms with Gasteiger partial charge < -0.3 is 0 Å². The minimum Gasteiger partial charge on any atom is -0.243 e. The zero-order chi connectivity index (χ0) is 13.7. The molecule has 0 radical (unpaired) electrons. The first-order valence-corrected chi connectivity index (χ1v) is 8.96. The number of halogens is 3. The molecule has 0 fully saturated rings. The van der Waals surface area contributed by atoms with Gasteiger partial charge in [-0.3, -0.25) is 0 Å². The van der Waals surface area contributed by atoms with Crippen LogP contribution in [0.5, 0.6) is 0 Å². The van der Waals surface area contributed by atoms with Gasteiger partial charge in [-0.1, -0.05) is 11.6 Å². The molecule has 0 unspecified atom stereocenters. The molecule has 1 heterocycles. The quantitative estimate of drug-likeness (QED) is 0.758. The van der Waals surface area contributed by atoms with E-state index in [1.807, 2.05) is 0 Å². The summed E-state index contributed by atoms with van der Waals surface area (Å²) in [7, 11) is 1.73. The second kappa shape index (κ2) is 4.20. The molecule has 0 spiro atoms. The van der Waals surface area contributed by atoms with Gasteiger partial charge in [0.1, 0.15) is 9.79 Å². The molecule has 2 rings (SSSR count). The van der Waals surface area contributed by atoms with Crippen LogP contribution in [0.15, 0.2) is 20.5 Å². The first kappa shape index (κ1) is 13.8. The highest BCUT2D eigenvalue weighted by atomic mass is 35.7. The Hall–Kier alpha value is -0.610. The van der Waals surface area contributed by atoms with E-state index in [2.05, 4.69) is 14.9 Å². The zero-order valence-electron chi connectivity index (χ0n) is 7.96. The lowest BCUT2D eigenvalue weighted by atomic mass is 10.3. The van der Waals surface area contributed by atoms with Gasteiger partial charge >= 0.3 is 0 Å². The van der Waals surface area contributed by atoms with Gasteiger partial charge in [0.15, 0.2) is 11.0 Å². The van der Waals surface area contributed by atoms with Crippen molar-refractivity contribution in [3.05, 3.63) is 11.1 Å². The van der Waals surface area contributed by atoms with Crippen LogP contribution >= 0.6 is 33.0 Å². The minimum absolute atomic E-state index is 0.266. The molecule has 0 bridgehead atoms. The van der Waals surface area contributed by atoms with Crippen LogP contribution in [-0.4, -0.2) is 27.1 Å². The third-order valence-corrected chi connectivity index (χ3v) is 5.11. The van der Waals surface area contributed by atoms with Crippen LogP contribution < -0.4 is 0 Å². The lowest BCUT2D eigenvalue weighted by molar-refractivity contribution is 0.315. The van der Waals surface area contributed by atoms with Gasteiger partial charge in [0.2, 0.25) is 0 Å². The van der Waals surface area contributed by atoms with E-state index < -0.39 is 32.9 Å². The van der Waals surface area contributed by atoms with Crippen LogP contribution in [0.1, 0.15) is 0 Å². The maximum atomic E-state index is 11.3. The highest BCUT2D eigenvalue weighted by Gasteiger charge is 2.27. The van der Waals surface area contributed by atoms with E-state index in [1.54, 1.807) is 0 Å². The van der Waals surface area contributed by atoms with Crippen LogP contribution in [0.2, 0.25) is 5.02 Å². The minimum atomic E-state index is -4.28. The van der Waals surface area contributed by atoms with E-state index in [4.69, 9.17) is 33.0 Å². The topological polar surface area (TPSA) is 107 Å². The van der Waals surface area contributed by atoms with Crippen LogP contribution in [-0.2, 0) is 18.1 Å². The van der Waals surface area contributed by atoms with E-state index in [0.717, 1.165) is 0 Å². The lowest BCUT2D eigenvalue weighted by Crippen LogP contribution is -1.99. The Morgan fingerprint density at radius 3 is 1.94 bits per heavy atom. The van der Waals surface area contributed by atoms with Crippen molar-refractivity contribution in [2.45, 2.75) is 9.79 Å². The number of hydrogen-bond acceptors (Lipinski definition) is 7. The summed E-state index contributed by atoms with van der Waals surface area (Å²) in [5.41, 5.74) is -0.545. The van der Waals surface area contributed by atoms with Crippen LogP contribution in [0.3, 0.4) is 0 Å². The molecule has 18 heavy (non-hydrogen) atoms. The molecule has 98 valence electrons. The number of benzene rings is 1. The maximum Gasteiger partial charge on any atom is 0.263 e. The molecule has 0 atom stereocenters. The van der Waals surface area contributed by atoms with Crippen molar-refractivity contribution >= 4 is 62.1 Å². The Kier molecular flexibility index (Phi) is 3.23. The van der Waals surface area contributed by atoms with Gasteiger partial charge in [-0.2, -0.15) is 0 Å². The lowest BCUT2D eigenvalue weighted by Gasteiger charge is -2.02. The second-order valence-electron chi connectivity index (χ2n) is 3.02. The molecule has 0 aliphatic heterocycles. The first-order chi connectivity index (χ1) is 8.12. The average Bonchev–Trinajstić information content (AvgIpc) is 2.62. The molecule has 0 aliphatic carbocycles. The predicted molar refractivity (Wildman–Crippen MR) is 62.9 cm³/mol. The number of hydrogen-bond donors (Lipinski definition) is 0. The monoisotopic (exact) mass is 350 g/mol.